The first-order valence-corrected chi connectivity index (χ1v) is 20.3. The van der Waals surface area contributed by atoms with E-state index >= 15 is 0 Å². The summed E-state index contributed by atoms with van der Waals surface area (Å²) < 4.78 is 6.14. The Balaban J connectivity index is 1.31. The summed E-state index contributed by atoms with van der Waals surface area (Å²) in [6.07, 6.45) is 19.7. The van der Waals surface area contributed by atoms with Crippen LogP contribution in [-0.2, 0) is 14.3 Å². The predicted octanol–water partition coefficient (Wildman–Crippen LogP) is 7.47. The van der Waals surface area contributed by atoms with E-state index < -0.39 is 5.92 Å². The maximum Gasteiger partial charge on any atom is 0.318 e. The summed E-state index contributed by atoms with van der Waals surface area (Å²) in [5.41, 5.74) is 13.6. The highest BCUT2D eigenvalue weighted by Crippen LogP contribution is 2.67. The number of hydrogen-bond acceptors (Lipinski definition) is 6. The number of carbonyl (C=O) groups is 2. The molecule has 0 bridgehead atoms. The van der Waals surface area contributed by atoms with Crippen LogP contribution >= 0.6 is 0 Å². The number of esters is 1. The fraction of sp³-hybridized carbons (Fsp3) is 0.902. The number of allylic oxidation sites excluding steroid dienone is 1. The van der Waals surface area contributed by atoms with Crippen LogP contribution in [-0.4, -0.2) is 62.1 Å². The van der Waals surface area contributed by atoms with Crippen molar-refractivity contribution >= 4 is 11.9 Å². The number of nitrogens with one attached hydrogen (secondary N) is 1. The zero-order valence-electron chi connectivity index (χ0n) is 31.9. The van der Waals surface area contributed by atoms with Crippen LogP contribution in [0.4, 0.5) is 0 Å². The van der Waals surface area contributed by atoms with Crippen molar-refractivity contribution in [2.24, 2.45) is 63.7 Å². The van der Waals surface area contributed by atoms with Gasteiger partial charge in [0.1, 0.15) is 12.0 Å². The Morgan fingerprint density at radius 3 is 2.35 bits per heavy atom. The summed E-state index contributed by atoms with van der Waals surface area (Å²) in [5, 5.41) is 3.40. The maximum atomic E-state index is 13.5. The van der Waals surface area contributed by atoms with Gasteiger partial charge in [0, 0.05) is 19.5 Å². The van der Waals surface area contributed by atoms with Crippen LogP contribution in [0.3, 0.4) is 0 Å². The molecule has 0 heterocycles. The average molecular weight is 671 g/mol. The van der Waals surface area contributed by atoms with E-state index in [1.54, 1.807) is 6.92 Å². The minimum absolute atomic E-state index is 0.126. The lowest BCUT2D eigenvalue weighted by molar-refractivity contribution is -0.161. The van der Waals surface area contributed by atoms with Crippen LogP contribution in [0.2, 0.25) is 0 Å². The molecule has 1 unspecified atom stereocenters. The van der Waals surface area contributed by atoms with Crippen LogP contribution in [0.1, 0.15) is 138 Å². The number of fused-ring (bicyclic) bond motifs is 5. The molecule has 7 nitrogen and oxygen atoms in total. The minimum Gasteiger partial charge on any atom is -0.461 e. The zero-order chi connectivity index (χ0) is 34.9. The summed E-state index contributed by atoms with van der Waals surface area (Å²) in [4.78, 5) is 28.7. The van der Waals surface area contributed by atoms with Crippen LogP contribution < -0.4 is 16.8 Å². The van der Waals surface area contributed by atoms with Gasteiger partial charge in [-0.05, 0) is 150 Å². The lowest BCUT2D eigenvalue weighted by Crippen LogP contribution is -2.51. The molecule has 0 aliphatic heterocycles. The van der Waals surface area contributed by atoms with E-state index in [9.17, 15) is 9.59 Å². The Bertz CT molecular complexity index is 1060. The summed E-state index contributed by atoms with van der Waals surface area (Å²) in [6.45, 7) is 18.5. The third kappa shape index (κ3) is 9.26. The van der Waals surface area contributed by atoms with Crippen molar-refractivity contribution in [1.82, 2.24) is 10.2 Å². The van der Waals surface area contributed by atoms with Gasteiger partial charge in [0.05, 0.1) is 0 Å². The van der Waals surface area contributed by atoms with Crippen LogP contribution in [0, 0.1) is 52.3 Å². The van der Waals surface area contributed by atoms with Gasteiger partial charge in [0.2, 0.25) is 5.91 Å². The SMILES string of the molecule is CC(C)CCC[C@@H](C)[C@H]1CC[C@H]2[C@@H]3CC=C4C[C@@H](OC(=O)C(C)C(=O)N(CCCN)CCCCNCCCN)CC[C@]4(C)[C@H]3CC[C@]12C. The molecule has 4 rings (SSSR count). The highest BCUT2D eigenvalue weighted by Gasteiger charge is 2.59. The van der Waals surface area contributed by atoms with Gasteiger partial charge >= 0.3 is 5.97 Å². The Hall–Kier alpha value is -1.44. The monoisotopic (exact) mass is 671 g/mol. The molecule has 0 aromatic rings. The Morgan fingerprint density at radius 1 is 0.896 bits per heavy atom. The highest BCUT2D eigenvalue weighted by molar-refractivity contribution is 5.97. The first kappa shape index (κ1) is 39.3. The van der Waals surface area contributed by atoms with Crippen molar-refractivity contribution < 1.29 is 14.3 Å². The largest absolute Gasteiger partial charge is 0.461 e. The average Bonchev–Trinajstić information content (AvgIpc) is 3.42. The fourth-order valence-electron chi connectivity index (χ4n) is 10.9. The molecule has 3 saturated carbocycles. The van der Waals surface area contributed by atoms with Crippen LogP contribution in [0.15, 0.2) is 11.6 Å². The van der Waals surface area contributed by atoms with Gasteiger partial charge in [0.25, 0.3) is 0 Å². The van der Waals surface area contributed by atoms with Crippen molar-refractivity contribution in [1.29, 1.82) is 0 Å². The van der Waals surface area contributed by atoms with Gasteiger partial charge in [-0.2, -0.15) is 0 Å². The van der Waals surface area contributed by atoms with Crippen LogP contribution in [0.25, 0.3) is 0 Å². The highest BCUT2D eigenvalue weighted by atomic mass is 16.5. The lowest BCUT2D eigenvalue weighted by atomic mass is 9.47. The van der Waals surface area contributed by atoms with Crippen molar-refractivity contribution in [3.8, 4) is 0 Å². The quantitative estimate of drug-likeness (QED) is 0.0569. The smallest absolute Gasteiger partial charge is 0.318 e. The maximum absolute atomic E-state index is 13.5. The van der Waals surface area contributed by atoms with E-state index in [1.165, 1.54) is 56.9 Å². The Labute approximate surface area is 294 Å². The Kier molecular flexibility index (Phi) is 14.9. The number of ether oxygens (including phenoxy) is 1. The Morgan fingerprint density at radius 2 is 1.62 bits per heavy atom. The number of nitrogens with two attached hydrogens (primary N) is 2. The van der Waals surface area contributed by atoms with Crippen molar-refractivity contribution in [2.75, 3.05) is 39.3 Å². The normalized spacial score (nSPS) is 32.5. The molecule has 0 saturated heterocycles. The van der Waals surface area contributed by atoms with Crippen molar-refractivity contribution in [3.63, 3.8) is 0 Å². The van der Waals surface area contributed by atoms with Crippen LogP contribution in [0.5, 0.6) is 0 Å². The standard InChI is InChI=1S/C41H74N4O3/c1-29(2)12-9-13-30(3)35-16-17-36-34-15-14-32-28-33(18-20-40(32,5)37(34)19-21-41(35,36)6)48-39(47)31(4)38(46)45(27-11-23-43)26-8-7-24-44-25-10-22-42/h14,29-31,33-37,44H,7-13,15-28,42-43H2,1-6H3/t30-,31?,33+,34+,35-,36+,37+,40+,41-/m1/s1. The second-order valence-corrected chi connectivity index (χ2v) is 17.4. The predicted molar refractivity (Wildman–Crippen MR) is 198 cm³/mol. The molecule has 0 aromatic heterocycles. The zero-order valence-corrected chi connectivity index (χ0v) is 31.9. The third-order valence-corrected chi connectivity index (χ3v) is 13.8. The summed E-state index contributed by atoms with van der Waals surface area (Å²) in [6, 6.07) is 0. The van der Waals surface area contributed by atoms with E-state index in [0.29, 0.717) is 31.6 Å². The molecule has 0 radical (unpaired) electrons. The summed E-state index contributed by atoms with van der Waals surface area (Å²) in [5.74, 6) is 3.63. The molecule has 276 valence electrons. The summed E-state index contributed by atoms with van der Waals surface area (Å²) in [7, 11) is 0. The fourth-order valence-corrected chi connectivity index (χ4v) is 10.9. The molecule has 4 aliphatic carbocycles. The molecule has 9 atom stereocenters. The number of amides is 1. The van der Waals surface area contributed by atoms with E-state index in [0.717, 1.165) is 93.5 Å². The molecule has 0 aromatic carbocycles. The first-order chi connectivity index (χ1) is 23.0. The second-order valence-electron chi connectivity index (χ2n) is 17.4. The minimum atomic E-state index is -0.789. The first-order valence-electron chi connectivity index (χ1n) is 20.3. The topological polar surface area (TPSA) is 111 Å². The van der Waals surface area contributed by atoms with E-state index in [1.807, 2.05) is 4.90 Å². The number of nitrogens with zero attached hydrogens (tertiary/aromatic N) is 1. The lowest BCUT2D eigenvalue weighted by Gasteiger charge is -2.58. The number of rotatable bonds is 19. The summed E-state index contributed by atoms with van der Waals surface area (Å²) >= 11 is 0. The molecule has 1 amide bonds. The van der Waals surface area contributed by atoms with E-state index in [-0.39, 0.29) is 23.4 Å². The van der Waals surface area contributed by atoms with Crippen molar-refractivity contribution in [2.45, 2.75) is 144 Å². The third-order valence-electron chi connectivity index (χ3n) is 13.8. The number of unbranched alkanes of at least 4 members (excludes halogenated alkanes) is 1. The van der Waals surface area contributed by atoms with Gasteiger partial charge in [-0.1, -0.05) is 65.5 Å². The van der Waals surface area contributed by atoms with E-state index in [2.05, 4.69) is 46.0 Å². The number of hydrogen-bond donors (Lipinski definition) is 3. The molecular formula is C41H74N4O3. The molecule has 7 heteroatoms. The van der Waals surface area contributed by atoms with Gasteiger partial charge in [-0.15, -0.1) is 0 Å². The van der Waals surface area contributed by atoms with Gasteiger partial charge in [-0.25, -0.2) is 0 Å². The van der Waals surface area contributed by atoms with Gasteiger partial charge in [-0.3, -0.25) is 9.59 Å². The molecule has 48 heavy (non-hydrogen) atoms. The second kappa shape index (κ2) is 18.2. The number of carbonyl (C=O) groups excluding carboxylic acids is 2. The molecule has 3 fully saturated rings. The molecule has 4 aliphatic rings. The van der Waals surface area contributed by atoms with Gasteiger partial charge < -0.3 is 26.4 Å². The molecule has 0 spiro atoms. The van der Waals surface area contributed by atoms with E-state index in [4.69, 9.17) is 16.2 Å². The molecule has 5 N–H and O–H groups in total. The van der Waals surface area contributed by atoms with Crippen molar-refractivity contribution in [3.05, 3.63) is 11.6 Å². The van der Waals surface area contributed by atoms with Gasteiger partial charge in [0.15, 0.2) is 0 Å². The molecular weight excluding hydrogens is 596 g/mol.